The van der Waals surface area contributed by atoms with Crippen molar-refractivity contribution in [3.05, 3.63) is 34.6 Å². The highest BCUT2D eigenvalue weighted by Crippen LogP contribution is 2.25. The van der Waals surface area contributed by atoms with Crippen LogP contribution in [0.3, 0.4) is 0 Å². The molecule has 2 nitrogen and oxygen atoms in total. The lowest BCUT2D eigenvalue weighted by Crippen LogP contribution is -1.92. The van der Waals surface area contributed by atoms with Crippen molar-refractivity contribution in [3.8, 4) is 0 Å². The van der Waals surface area contributed by atoms with E-state index in [4.69, 9.17) is 22.4 Å². The van der Waals surface area contributed by atoms with Gasteiger partial charge in [-0.2, -0.15) is 0 Å². The van der Waals surface area contributed by atoms with Crippen LogP contribution in [0.4, 0.5) is 10.1 Å². The Balaban J connectivity index is 3.12. The maximum absolute atomic E-state index is 12.8. The number of nitrogen functional groups attached to an aromatic ring is 1. The van der Waals surface area contributed by atoms with Gasteiger partial charge in [-0.05, 0) is 12.1 Å². The lowest BCUT2D eigenvalue weighted by Gasteiger charge is -2.02. The molecule has 0 radical (unpaired) electrons. The topological polar surface area (TPSA) is 46.2 Å². The summed E-state index contributed by atoms with van der Waals surface area (Å²) in [4.78, 5) is 0. The highest BCUT2D eigenvalue weighted by Gasteiger charge is 2.03. The first-order valence-electron chi connectivity index (χ1n) is 3.67. The molecule has 70 valence electrons. The maximum Gasteiger partial charge on any atom is 0.125 e. The zero-order chi connectivity index (χ0) is 9.84. The number of aliphatic hydroxyl groups excluding tert-OH is 1. The quantitative estimate of drug-likeness (QED) is 0.720. The fourth-order valence-electron chi connectivity index (χ4n) is 0.922. The van der Waals surface area contributed by atoms with Crippen molar-refractivity contribution in [1.29, 1.82) is 0 Å². The molecular weight excluding hydrogens is 193 g/mol. The summed E-state index contributed by atoms with van der Waals surface area (Å²) in [7, 11) is 0. The van der Waals surface area contributed by atoms with Gasteiger partial charge in [0.25, 0.3) is 0 Å². The second kappa shape index (κ2) is 4.25. The third kappa shape index (κ3) is 2.44. The average molecular weight is 202 g/mol. The maximum atomic E-state index is 12.8. The van der Waals surface area contributed by atoms with Gasteiger partial charge in [-0.25, -0.2) is 4.39 Å². The summed E-state index contributed by atoms with van der Waals surface area (Å²) in [5, 5.41) is 8.68. The van der Waals surface area contributed by atoms with Crippen molar-refractivity contribution >= 4 is 23.4 Å². The highest BCUT2D eigenvalue weighted by atomic mass is 35.5. The monoisotopic (exact) mass is 201 g/mol. The lowest BCUT2D eigenvalue weighted by atomic mass is 10.1. The summed E-state index contributed by atoms with van der Waals surface area (Å²) >= 11 is 5.64. The molecule has 0 unspecified atom stereocenters. The van der Waals surface area contributed by atoms with Crippen LogP contribution in [0.15, 0.2) is 18.2 Å². The number of hydrogen-bond acceptors (Lipinski definition) is 2. The molecule has 0 aliphatic heterocycles. The van der Waals surface area contributed by atoms with Crippen molar-refractivity contribution in [2.75, 3.05) is 12.3 Å². The second-order valence-electron chi connectivity index (χ2n) is 2.48. The zero-order valence-corrected chi connectivity index (χ0v) is 7.55. The fourth-order valence-corrected chi connectivity index (χ4v) is 1.14. The molecule has 0 saturated heterocycles. The summed E-state index contributed by atoms with van der Waals surface area (Å²) in [6.45, 7) is -0.117. The van der Waals surface area contributed by atoms with Crippen molar-refractivity contribution in [3.63, 3.8) is 0 Å². The van der Waals surface area contributed by atoms with Gasteiger partial charge in [0, 0.05) is 5.56 Å². The number of halogens is 2. The van der Waals surface area contributed by atoms with Crippen LogP contribution in [0, 0.1) is 5.82 Å². The van der Waals surface area contributed by atoms with E-state index in [-0.39, 0.29) is 11.6 Å². The average Bonchev–Trinajstić information content (AvgIpc) is 2.09. The van der Waals surface area contributed by atoms with E-state index in [1.807, 2.05) is 0 Å². The van der Waals surface area contributed by atoms with E-state index in [9.17, 15) is 4.39 Å². The van der Waals surface area contributed by atoms with Gasteiger partial charge < -0.3 is 10.8 Å². The molecule has 0 spiro atoms. The second-order valence-corrected chi connectivity index (χ2v) is 2.88. The molecule has 0 saturated carbocycles. The Labute approximate surface area is 80.4 Å². The van der Waals surface area contributed by atoms with Crippen molar-refractivity contribution in [2.45, 2.75) is 0 Å². The molecule has 4 heteroatoms. The van der Waals surface area contributed by atoms with Crippen molar-refractivity contribution in [1.82, 2.24) is 0 Å². The number of benzene rings is 1. The Morgan fingerprint density at radius 2 is 2.23 bits per heavy atom. The van der Waals surface area contributed by atoms with Crippen molar-refractivity contribution in [2.24, 2.45) is 0 Å². The summed E-state index contributed by atoms with van der Waals surface area (Å²) in [5.74, 6) is -0.447. The normalized spacial score (nSPS) is 11.0. The van der Waals surface area contributed by atoms with E-state index in [0.29, 0.717) is 11.3 Å². The molecule has 1 rings (SSSR count). The molecule has 0 bridgehead atoms. The van der Waals surface area contributed by atoms with E-state index < -0.39 is 5.82 Å². The van der Waals surface area contributed by atoms with Gasteiger partial charge in [0.15, 0.2) is 0 Å². The number of aliphatic hydroxyl groups is 1. The number of nitrogens with two attached hydrogens (primary N) is 1. The van der Waals surface area contributed by atoms with E-state index >= 15 is 0 Å². The molecule has 1 aromatic rings. The minimum atomic E-state index is -0.447. The molecule has 0 fully saturated rings. The molecule has 0 heterocycles. The first-order valence-corrected chi connectivity index (χ1v) is 4.05. The third-order valence-corrected chi connectivity index (χ3v) is 1.84. The Kier molecular flexibility index (Phi) is 3.28. The Bertz CT molecular complexity index is 339. The third-order valence-electron chi connectivity index (χ3n) is 1.53. The van der Waals surface area contributed by atoms with Crippen LogP contribution in [0.25, 0.3) is 6.08 Å². The molecule has 0 amide bonds. The molecular formula is C9H9ClFNO. The van der Waals surface area contributed by atoms with Crippen LogP contribution in [0.5, 0.6) is 0 Å². The van der Waals surface area contributed by atoms with E-state index in [1.165, 1.54) is 18.2 Å². The van der Waals surface area contributed by atoms with Crippen LogP contribution >= 0.6 is 11.6 Å². The van der Waals surface area contributed by atoms with Crippen LogP contribution in [-0.2, 0) is 0 Å². The largest absolute Gasteiger partial charge is 0.397 e. The van der Waals surface area contributed by atoms with Crippen LogP contribution in [0.2, 0.25) is 5.02 Å². The van der Waals surface area contributed by atoms with E-state index in [1.54, 1.807) is 0 Å². The standard InChI is InChI=1S/C9H9ClFNO/c10-8-5-7(11)4-6(9(8)12)2-1-3-13/h1-2,4-5,13H,3,12H2. The molecule has 1 aromatic carbocycles. The Morgan fingerprint density at radius 1 is 1.54 bits per heavy atom. The first-order chi connectivity index (χ1) is 6.15. The van der Waals surface area contributed by atoms with Gasteiger partial charge >= 0.3 is 0 Å². The highest BCUT2D eigenvalue weighted by molar-refractivity contribution is 6.33. The molecule has 0 aliphatic rings. The Morgan fingerprint density at radius 3 is 2.85 bits per heavy atom. The Hall–Kier alpha value is -1.06. The van der Waals surface area contributed by atoms with Gasteiger partial charge in [0.2, 0.25) is 0 Å². The van der Waals surface area contributed by atoms with Gasteiger partial charge in [0.05, 0.1) is 17.3 Å². The van der Waals surface area contributed by atoms with Gasteiger partial charge in [-0.15, -0.1) is 0 Å². The van der Waals surface area contributed by atoms with Crippen molar-refractivity contribution < 1.29 is 9.50 Å². The summed E-state index contributed by atoms with van der Waals surface area (Å²) in [5.41, 5.74) is 6.34. The van der Waals surface area contributed by atoms with Crippen LogP contribution in [0.1, 0.15) is 5.56 Å². The molecule has 3 N–H and O–H groups in total. The van der Waals surface area contributed by atoms with E-state index in [2.05, 4.69) is 0 Å². The SMILES string of the molecule is Nc1c(Cl)cc(F)cc1C=CCO. The van der Waals surface area contributed by atoms with Gasteiger partial charge in [0.1, 0.15) is 5.82 Å². The number of hydrogen-bond donors (Lipinski definition) is 2. The molecule has 13 heavy (non-hydrogen) atoms. The summed E-state index contributed by atoms with van der Waals surface area (Å²) < 4.78 is 12.8. The number of anilines is 1. The predicted molar refractivity (Wildman–Crippen MR) is 51.9 cm³/mol. The van der Waals surface area contributed by atoms with Crippen LogP contribution in [-0.4, -0.2) is 11.7 Å². The summed E-state index contributed by atoms with van der Waals surface area (Å²) in [6, 6.07) is 2.40. The fraction of sp³-hybridized carbons (Fsp3) is 0.111. The number of rotatable bonds is 2. The molecule has 0 aromatic heterocycles. The zero-order valence-electron chi connectivity index (χ0n) is 6.80. The minimum Gasteiger partial charge on any atom is -0.397 e. The molecule has 0 atom stereocenters. The van der Waals surface area contributed by atoms with Crippen LogP contribution < -0.4 is 5.73 Å². The smallest absolute Gasteiger partial charge is 0.125 e. The first kappa shape index (κ1) is 10.0. The summed E-state index contributed by atoms with van der Waals surface area (Å²) in [6.07, 6.45) is 2.98. The minimum absolute atomic E-state index is 0.117. The lowest BCUT2D eigenvalue weighted by molar-refractivity contribution is 0.343. The molecule has 0 aliphatic carbocycles. The van der Waals surface area contributed by atoms with Gasteiger partial charge in [-0.3, -0.25) is 0 Å². The van der Waals surface area contributed by atoms with E-state index in [0.717, 1.165) is 6.07 Å². The predicted octanol–water partition coefficient (Wildman–Crippen LogP) is 2.07. The van der Waals surface area contributed by atoms with Gasteiger partial charge in [-0.1, -0.05) is 23.8 Å².